The smallest absolute Gasteiger partial charge is 0.199 e. The van der Waals surface area contributed by atoms with E-state index in [4.69, 9.17) is 27.9 Å². The third-order valence-corrected chi connectivity index (χ3v) is 2.91. The summed E-state index contributed by atoms with van der Waals surface area (Å²) in [5, 5.41) is 4.09. The van der Waals surface area contributed by atoms with Gasteiger partial charge in [-0.15, -0.1) is 0 Å². The highest BCUT2D eigenvalue weighted by Gasteiger charge is 2.11. The van der Waals surface area contributed by atoms with Crippen molar-refractivity contribution in [3.8, 4) is 5.75 Å². The van der Waals surface area contributed by atoms with E-state index in [1.54, 1.807) is 6.07 Å². The maximum atomic E-state index is 5.92. The Kier molecular flexibility index (Phi) is 3.89. The van der Waals surface area contributed by atoms with Gasteiger partial charge >= 0.3 is 0 Å². The Bertz CT molecular complexity index is 575. The van der Waals surface area contributed by atoms with E-state index in [0.29, 0.717) is 16.6 Å². The summed E-state index contributed by atoms with van der Waals surface area (Å²) in [5.41, 5.74) is 1.88. The van der Waals surface area contributed by atoms with Crippen molar-refractivity contribution in [3.05, 3.63) is 40.3 Å². The van der Waals surface area contributed by atoms with E-state index in [-0.39, 0.29) is 5.15 Å². The highest BCUT2D eigenvalue weighted by atomic mass is 35.5. The number of aromatic nitrogens is 2. The molecule has 2 aromatic rings. The van der Waals surface area contributed by atoms with Crippen LogP contribution in [0.1, 0.15) is 5.56 Å². The molecule has 6 heteroatoms. The SMILES string of the molecule is COc1c(Cl)ncnc1Nc1ccc(Cl)cc1C. The largest absolute Gasteiger partial charge is 0.490 e. The van der Waals surface area contributed by atoms with Crippen molar-refractivity contribution in [2.45, 2.75) is 6.92 Å². The number of hydrogen-bond donors (Lipinski definition) is 1. The van der Waals surface area contributed by atoms with E-state index in [0.717, 1.165) is 11.3 Å². The number of anilines is 2. The second kappa shape index (κ2) is 5.42. The van der Waals surface area contributed by atoms with Gasteiger partial charge in [0.15, 0.2) is 16.7 Å². The maximum Gasteiger partial charge on any atom is 0.199 e. The number of methoxy groups -OCH3 is 1. The summed E-state index contributed by atoms with van der Waals surface area (Å²) in [6, 6.07) is 5.53. The van der Waals surface area contributed by atoms with Crippen LogP contribution in [-0.2, 0) is 0 Å². The van der Waals surface area contributed by atoms with Gasteiger partial charge in [0.25, 0.3) is 0 Å². The predicted octanol–water partition coefficient (Wildman–Crippen LogP) is 3.84. The fourth-order valence-corrected chi connectivity index (χ4v) is 1.95. The number of nitrogens with zero attached hydrogens (tertiary/aromatic N) is 2. The summed E-state index contributed by atoms with van der Waals surface area (Å²) in [7, 11) is 1.52. The second-order valence-electron chi connectivity index (χ2n) is 3.63. The molecule has 18 heavy (non-hydrogen) atoms. The fourth-order valence-electron chi connectivity index (χ4n) is 1.52. The first kappa shape index (κ1) is 12.9. The average Bonchev–Trinajstić information content (AvgIpc) is 2.33. The lowest BCUT2D eigenvalue weighted by Crippen LogP contribution is -2.00. The molecule has 0 spiro atoms. The third-order valence-electron chi connectivity index (χ3n) is 2.41. The number of halogens is 2. The molecule has 0 saturated heterocycles. The van der Waals surface area contributed by atoms with E-state index in [1.165, 1.54) is 13.4 Å². The van der Waals surface area contributed by atoms with Gasteiger partial charge in [-0.05, 0) is 30.7 Å². The van der Waals surface area contributed by atoms with Gasteiger partial charge in [-0.1, -0.05) is 23.2 Å². The molecular formula is C12H11Cl2N3O. The van der Waals surface area contributed by atoms with Gasteiger partial charge in [-0.2, -0.15) is 0 Å². The molecule has 0 radical (unpaired) electrons. The molecule has 0 aliphatic heterocycles. The molecule has 94 valence electrons. The second-order valence-corrected chi connectivity index (χ2v) is 4.43. The van der Waals surface area contributed by atoms with Crippen LogP contribution in [0.25, 0.3) is 0 Å². The zero-order valence-electron chi connectivity index (χ0n) is 9.87. The van der Waals surface area contributed by atoms with Gasteiger partial charge < -0.3 is 10.1 Å². The number of nitrogens with one attached hydrogen (secondary N) is 1. The Hall–Kier alpha value is -1.52. The molecule has 0 aliphatic rings. The molecule has 1 heterocycles. The number of aryl methyl sites for hydroxylation is 1. The Balaban J connectivity index is 2.37. The standard InChI is InChI=1S/C12H11Cl2N3O/c1-7-5-8(13)3-4-9(7)17-12-10(18-2)11(14)15-6-16-12/h3-6H,1-2H3,(H,15,16,17). The van der Waals surface area contributed by atoms with Crippen LogP contribution in [0, 0.1) is 6.92 Å². The first-order valence-corrected chi connectivity index (χ1v) is 5.95. The van der Waals surface area contributed by atoms with E-state index in [2.05, 4.69) is 15.3 Å². The quantitative estimate of drug-likeness (QED) is 0.870. The van der Waals surface area contributed by atoms with E-state index in [1.807, 2.05) is 19.1 Å². The molecule has 0 amide bonds. The van der Waals surface area contributed by atoms with Crippen LogP contribution < -0.4 is 10.1 Å². The molecule has 0 aliphatic carbocycles. The molecule has 4 nitrogen and oxygen atoms in total. The Morgan fingerprint density at radius 1 is 1.22 bits per heavy atom. The van der Waals surface area contributed by atoms with Gasteiger partial charge in [-0.25, -0.2) is 9.97 Å². The lowest BCUT2D eigenvalue weighted by Gasteiger charge is -2.12. The third kappa shape index (κ3) is 2.66. The molecule has 0 saturated carbocycles. The van der Waals surface area contributed by atoms with Crippen LogP contribution in [0.5, 0.6) is 5.75 Å². The minimum atomic E-state index is 0.265. The van der Waals surface area contributed by atoms with Gasteiger partial charge in [0.2, 0.25) is 0 Å². The number of hydrogen-bond acceptors (Lipinski definition) is 4. The summed E-state index contributed by atoms with van der Waals surface area (Å²) in [5.74, 6) is 0.927. The van der Waals surface area contributed by atoms with Crippen LogP contribution in [0.2, 0.25) is 10.2 Å². The summed E-state index contributed by atoms with van der Waals surface area (Å²) < 4.78 is 5.17. The molecule has 0 bridgehead atoms. The highest BCUT2D eigenvalue weighted by Crippen LogP contribution is 2.32. The fraction of sp³-hybridized carbons (Fsp3) is 0.167. The van der Waals surface area contributed by atoms with Crippen molar-refractivity contribution in [1.29, 1.82) is 0 Å². The molecule has 0 fully saturated rings. The Labute approximate surface area is 115 Å². The van der Waals surface area contributed by atoms with Crippen molar-refractivity contribution < 1.29 is 4.74 Å². The Morgan fingerprint density at radius 2 is 2.00 bits per heavy atom. The molecule has 0 unspecified atom stereocenters. The molecular weight excluding hydrogens is 273 g/mol. The number of benzene rings is 1. The van der Waals surface area contributed by atoms with Crippen LogP contribution in [0.3, 0.4) is 0 Å². The van der Waals surface area contributed by atoms with Gasteiger partial charge in [0.1, 0.15) is 6.33 Å². The topological polar surface area (TPSA) is 47.0 Å². The molecule has 1 aromatic carbocycles. The lowest BCUT2D eigenvalue weighted by atomic mass is 10.2. The summed E-state index contributed by atoms with van der Waals surface area (Å²) in [6.45, 7) is 1.95. The van der Waals surface area contributed by atoms with Crippen molar-refractivity contribution in [3.63, 3.8) is 0 Å². The van der Waals surface area contributed by atoms with Gasteiger partial charge in [0.05, 0.1) is 7.11 Å². The zero-order valence-corrected chi connectivity index (χ0v) is 11.4. The van der Waals surface area contributed by atoms with Crippen LogP contribution >= 0.6 is 23.2 Å². The van der Waals surface area contributed by atoms with Crippen LogP contribution in [-0.4, -0.2) is 17.1 Å². The molecule has 2 rings (SSSR count). The van der Waals surface area contributed by atoms with Crippen LogP contribution in [0.4, 0.5) is 11.5 Å². The first-order valence-electron chi connectivity index (χ1n) is 5.19. The average molecular weight is 284 g/mol. The molecule has 1 aromatic heterocycles. The first-order chi connectivity index (χ1) is 8.61. The molecule has 1 N–H and O–H groups in total. The zero-order chi connectivity index (χ0) is 13.1. The van der Waals surface area contributed by atoms with Crippen molar-refractivity contribution in [1.82, 2.24) is 9.97 Å². The van der Waals surface area contributed by atoms with E-state index >= 15 is 0 Å². The van der Waals surface area contributed by atoms with Gasteiger partial charge in [0, 0.05) is 10.7 Å². The minimum Gasteiger partial charge on any atom is -0.490 e. The summed E-state index contributed by atoms with van der Waals surface area (Å²) >= 11 is 11.8. The molecule has 0 atom stereocenters. The Morgan fingerprint density at radius 3 is 2.67 bits per heavy atom. The monoisotopic (exact) mass is 283 g/mol. The van der Waals surface area contributed by atoms with E-state index < -0.39 is 0 Å². The van der Waals surface area contributed by atoms with Crippen LogP contribution in [0.15, 0.2) is 24.5 Å². The number of rotatable bonds is 3. The predicted molar refractivity (Wildman–Crippen MR) is 73.1 cm³/mol. The van der Waals surface area contributed by atoms with Gasteiger partial charge in [-0.3, -0.25) is 0 Å². The summed E-state index contributed by atoms with van der Waals surface area (Å²) in [6.07, 6.45) is 1.37. The maximum absolute atomic E-state index is 5.92. The lowest BCUT2D eigenvalue weighted by molar-refractivity contribution is 0.413. The van der Waals surface area contributed by atoms with Crippen molar-refractivity contribution in [2.24, 2.45) is 0 Å². The highest BCUT2D eigenvalue weighted by molar-refractivity contribution is 6.31. The normalized spacial score (nSPS) is 10.2. The minimum absolute atomic E-state index is 0.265. The van der Waals surface area contributed by atoms with Crippen molar-refractivity contribution >= 4 is 34.7 Å². The van der Waals surface area contributed by atoms with Crippen molar-refractivity contribution in [2.75, 3.05) is 12.4 Å². The van der Waals surface area contributed by atoms with E-state index in [9.17, 15) is 0 Å². The summed E-state index contributed by atoms with van der Waals surface area (Å²) in [4.78, 5) is 7.96. The number of ether oxygens (including phenoxy) is 1.